The number of hydrogen-bond donors (Lipinski definition) is 1. The average Bonchev–Trinajstić information content (AvgIpc) is 2.52. The van der Waals surface area contributed by atoms with Crippen molar-refractivity contribution in [2.75, 3.05) is 32.1 Å². The van der Waals surface area contributed by atoms with Gasteiger partial charge in [-0.3, -0.25) is 4.79 Å². The van der Waals surface area contributed by atoms with Gasteiger partial charge in [0.25, 0.3) is 5.91 Å². The lowest BCUT2D eigenvalue weighted by molar-refractivity contribution is -0.123. The molecule has 0 spiro atoms. The number of hydrogen-bond acceptors (Lipinski definition) is 4. The Morgan fingerprint density at radius 2 is 2.14 bits per heavy atom. The number of amides is 1. The van der Waals surface area contributed by atoms with Gasteiger partial charge in [0.05, 0.1) is 0 Å². The predicted molar refractivity (Wildman–Crippen MR) is 81.2 cm³/mol. The normalized spacial score (nSPS) is 15.7. The molecule has 0 aliphatic carbocycles. The van der Waals surface area contributed by atoms with Gasteiger partial charge in [-0.2, -0.15) is 11.8 Å². The summed E-state index contributed by atoms with van der Waals surface area (Å²) in [5, 5.41) is 3.40. The van der Waals surface area contributed by atoms with Gasteiger partial charge in [-0.25, -0.2) is 4.39 Å². The van der Waals surface area contributed by atoms with E-state index in [4.69, 9.17) is 9.47 Å². The van der Waals surface area contributed by atoms with E-state index in [1.165, 1.54) is 12.1 Å². The molecule has 4 nitrogen and oxygen atoms in total. The zero-order valence-corrected chi connectivity index (χ0v) is 12.7. The Labute approximate surface area is 128 Å². The molecule has 116 valence electrons. The third-order valence-corrected chi connectivity index (χ3v) is 4.52. The van der Waals surface area contributed by atoms with Gasteiger partial charge in [0.1, 0.15) is 0 Å². The Balaban J connectivity index is 1.56. The molecule has 1 aromatic rings. The summed E-state index contributed by atoms with van der Waals surface area (Å²) in [6.45, 7) is 2.10. The molecule has 1 heterocycles. The number of nitrogens with one attached hydrogen (secondary N) is 1. The zero-order valence-electron chi connectivity index (χ0n) is 11.8. The summed E-state index contributed by atoms with van der Waals surface area (Å²) >= 11 is 1.86. The molecule has 0 unspecified atom stereocenters. The van der Waals surface area contributed by atoms with Crippen LogP contribution in [0.25, 0.3) is 0 Å². The first-order chi connectivity index (χ1) is 10.3. The van der Waals surface area contributed by atoms with Crippen LogP contribution in [0.5, 0.6) is 5.75 Å². The number of thioether (sulfide) groups is 1. The molecule has 2 rings (SSSR count). The van der Waals surface area contributed by atoms with Gasteiger partial charge in [0.2, 0.25) is 0 Å². The number of ether oxygens (including phenoxy) is 2. The van der Waals surface area contributed by atoms with E-state index in [0.717, 1.165) is 31.8 Å². The van der Waals surface area contributed by atoms with Crippen LogP contribution in [-0.4, -0.2) is 43.3 Å². The molecule has 0 aromatic heterocycles. The largest absolute Gasteiger partial charge is 0.481 e. The second kappa shape index (κ2) is 8.89. The SMILES string of the molecule is O=C(COc1ccccc1F)NCCSC1CCOCC1. The van der Waals surface area contributed by atoms with Crippen LogP contribution in [0.2, 0.25) is 0 Å². The van der Waals surface area contributed by atoms with E-state index in [1.54, 1.807) is 12.1 Å². The van der Waals surface area contributed by atoms with Crippen LogP contribution in [0.1, 0.15) is 12.8 Å². The fourth-order valence-electron chi connectivity index (χ4n) is 2.01. The van der Waals surface area contributed by atoms with Crippen LogP contribution >= 0.6 is 11.8 Å². The van der Waals surface area contributed by atoms with Crippen LogP contribution in [0.3, 0.4) is 0 Å². The molecule has 21 heavy (non-hydrogen) atoms. The summed E-state index contributed by atoms with van der Waals surface area (Å²) in [4.78, 5) is 11.6. The zero-order chi connectivity index (χ0) is 14.9. The molecule has 1 aromatic carbocycles. The topological polar surface area (TPSA) is 47.6 Å². The first kappa shape index (κ1) is 16.1. The van der Waals surface area contributed by atoms with Gasteiger partial charge in [-0.05, 0) is 25.0 Å². The number of halogens is 1. The third-order valence-electron chi connectivity index (χ3n) is 3.14. The summed E-state index contributed by atoms with van der Waals surface area (Å²) in [7, 11) is 0. The summed E-state index contributed by atoms with van der Waals surface area (Å²) < 4.78 is 23.7. The van der Waals surface area contributed by atoms with Crippen molar-refractivity contribution >= 4 is 17.7 Å². The number of benzene rings is 1. The van der Waals surface area contributed by atoms with E-state index >= 15 is 0 Å². The Bertz CT molecular complexity index is 452. The molecule has 0 atom stereocenters. The van der Waals surface area contributed by atoms with Crippen LogP contribution in [0.15, 0.2) is 24.3 Å². The Hall–Kier alpha value is -1.27. The average molecular weight is 313 g/mol. The predicted octanol–water partition coefficient (Wildman–Crippen LogP) is 2.23. The highest BCUT2D eigenvalue weighted by atomic mass is 32.2. The van der Waals surface area contributed by atoms with Crippen LogP contribution in [-0.2, 0) is 9.53 Å². The quantitative estimate of drug-likeness (QED) is 0.784. The molecular formula is C15H20FNO3S. The van der Waals surface area contributed by atoms with Crippen LogP contribution in [0, 0.1) is 5.82 Å². The third kappa shape index (κ3) is 5.93. The number of rotatable bonds is 7. The lowest BCUT2D eigenvalue weighted by Crippen LogP contribution is -2.31. The molecule has 1 amide bonds. The highest BCUT2D eigenvalue weighted by molar-refractivity contribution is 7.99. The highest BCUT2D eigenvalue weighted by Gasteiger charge is 2.13. The van der Waals surface area contributed by atoms with Crippen LogP contribution in [0.4, 0.5) is 4.39 Å². The van der Waals surface area contributed by atoms with Crippen molar-refractivity contribution in [3.05, 3.63) is 30.1 Å². The van der Waals surface area contributed by atoms with E-state index in [2.05, 4.69) is 5.32 Å². The minimum Gasteiger partial charge on any atom is -0.481 e. The van der Waals surface area contributed by atoms with Crippen molar-refractivity contribution in [3.8, 4) is 5.75 Å². The maximum absolute atomic E-state index is 13.3. The summed E-state index contributed by atoms with van der Waals surface area (Å²) in [5.41, 5.74) is 0. The van der Waals surface area contributed by atoms with Crippen molar-refractivity contribution < 1.29 is 18.7 Å². The molecule has 6 heteroatoms. The monoisotopic (exact) mass is 313 g/mol. The van der Waals surface area contributed by atoms with Crippen molar-refractivity contribution in [1.82, 2.24) is 5.32 Å². The first-order valence-corrected chi connectivity index (χ1v) is 8.14. The van der Waals surface area contributed by atoms with E-state index in [9.17, 15) is 9.18 Å². The number of carbonyl (C=O) groups is 1. The molecular weight excluding hydrogens is 293 g/mol. The van der Waals surface area contributed by atoms with Gasteiger partial charge >= 0.3 is 0 Å². The first-order valence-electron chi connectivity index (χ1n) is 7.09. The van der Waals surface area contributed by atoms with Crippen molar-refractivity contribution in [1.29, 1.82) is 0 Å². The Morgan fingerprint density at radius 1 is 1.38 bits per heavy atom. The fourth-order valence-corrected chi connectivity index (χ4v) is 3.09. The number of carbonyl (C=O) groups excluding carboxylic acids is 1. The lowest BCUT2D eigenvalue weighted by atomic mass is 10.2. The van der Waals surface area contributed by atoms with Crippen LogP contribution < -0.4 is 10.1 Å². The molecule has 1 aliphatic rings. The van der Waals surface area contributed by atoms with Gasteiger partial charge in [-0.15, -0.1) is 0 Å². The second-order valence-electron chi connectivity index (χ2n) is 4.75. The summed E-state index contributed by atoms with van der Waals surface area (Å²) in [6, 6.07) is 6.05. The van der Waals surface area contributed by atoms with Crippen molar-refractivity contribution in [2.24, 2.45) is 0 Å². The van der Waals surface area contributed by atoms with E-state index < -0.39 is 5.82 Å². The highest BCUT2D eigenvalue weighted by Crippen LogP contribution is 2.21. The Morgan fingerprint density at radius 3 is 2.90 bits per heavy atom. The number of para-hydroxylation sites is 1. The van der Waals surface area contributed by atoms with Gasteiger partial charge < -0.3 is 14.8 Å². The summed E-state index contributed by atoms with van der Waals surface area (Å²) in [6.07, 6.45) is 2.16. The van der Waals surface area contributed by atoms with Crippen molar-refractivity contribution in [3.63, 3.8) is 0 Å². The van der Waals surface area contributed by atoms with Gasteiger partial charge in [-0.1, -0.05) is 12.1 Å². The van der Waals surface area contributed by atoms with E-state index in [0.29, 0.717) is 11.8 Å². The summed E-state index contributed by atoms with van der Waals surface area (Å²) in [5.74, 6) is 0.284. The van der Waals surface area contributed by atoms with Gasteiger partial charge in [0.15, 0.2) is 18.2 Å². The fraction of sp³-hybridized carbons (Fsp3) is 0.533. The minimum atomic E-state index is -0.458. The Kier molecular flexibility index (Phi) is 6.82. The van der Waals surface area contributed by atoms with Crippen molar-refractivity contribution in [2.45, 2.75) is 18.1 Å². The molecule has 0 bridgehead atoms. The lowest BCUT2D eigenvalue weighted by Gasteiger charge is -2.21. The smallest absolute Gasteiger partial charge is 0.257 e. The molecule has 1 fully saturated rings. The molecule has 1 N–H and O–H groups in total. The minimum absolute atomic E-state index is 0.101. The maximum atomic E-state index is 13.3. The second-order valence-corrected chi connectivity index (χ2v) is 6.16. The van der Waals surface area contributed by atoms with E-state index in [1.807, 2.05) is 11.8 Å². The molecule has 0 radical (unpaired) electrons. The van der Waals surface area contributed by atoms with E-state index in [-0.39, 0.29) is 18.3 Å². The maximum Gasteiger partial charge on any atom is 0.257 e. The molecule has 1 aliphatic heterocycles. The van der Waals surface area contributed by atoms with Gasteiger partial charge in [0, 0.05) is 30.8 Å². The molecule has 0 saturated carbocycles. The molecule has 1 saturated heterocycles. The standard InChI is InChI=1S/C15H20FNO3S/c16-13-3-1-2-4-14(13)20-11-15(18)17-7-10-21-12-5-8-19-9-6-12/h1-4,12H,5-11H2,(H,17,18).